The van der Waals surface area contributed by atoms with Crippen molar-refractivity contribution in [2.24, 2.45) is 0 Å². The fourth-order valence-corrected chi connectivity index (χ4v) is 4.63. The molecule has 2 heterocycles. The molecule has 0 amide bonds. The van der Waals surface area contributed by atoms with Crippen LogP contribution in [-0.4, -0.2) is 37.5 Å². The number of hydrogen-bond acceptors (Lipinski definition) is 4. The molecule has 1 saturated heterocycles. The molecule has 0 N–H and O–H groups in total. The average molecular weight is 318 g/mol. The first-order valence-electron chi connectivity index (χ1n) is 7.63. The monoisotopic (exact) mass is 318 g/mol. The first kappa shape index (κ1) is 15.3. The second-order valence-electron chi connectivity index (χ2n) is 6.51. The van der Waals surface area contributed by atoms with E-state index in [9.17, 15) is 8.42 Å². The molecule has 2 atom stereocenters. The molecule has 1 aliphatic heterocycles. The highest BCUT2D eigenvalue weighted by molar-refractivity contribution is 7.91. The zero-order chi connectivity index (χ0) is 16.1. The van der Waals surface area contributed by atoms with E-state index in [-0.39, 0.29) is 11.3 Å². The summed E-state index contributed by atoms with van der Waals surface area (Å²) >= 11 is 0. The van der Waals surface area contributed by atoms with Gasteiger partial charge in [0, 0.05) is 42.3 Å². The molecule has 0 radical (unpaired) electrons. The van der Waals surface area contributed by atoms with E-state index in [0.29, 0.717) is 12.5 Å². The van der Waals surface area contributed by atoms with Gasteiger partial charge in [0.1, 0.15) is 0 Å². The second kappa shape index (κ2) is 5.23. The Morgan fingerprint density at radius 3 is 2.55 bits per heavy atom. The van der Waals surface area contributed by atoms with Crippen LogP contribution in [0.2, 0.25) is 0 Å². The van der Waals surface area contributed by atoms with E-state index in [1.165, 1.54) is 17.2 Å². The first-order valence-corrected chi connectivity index (χ1v) is 9.58. The third-order valence-corrected chi connectivity index (χ3v) is 6.36. The average Bonchev–Trinajstić information content (AvgIpc) is 2.44. The number of rotatable bonds is 3. The topological polar surface area (TPSA) is 50.3 Å². The number of nitrogens with zero attached hydrogens (tertiary/aromatic N) is 2. The summed E-state index contributed by atoms with van der Waals surface area (Å²) in [5.74, 6) is 0.441. The molecular formula is C17H22N2O2S. The zero-order valence-corrected chi connectivity index (χ0v) is 14.3. The van der Waals surface area contributed by atoms with Gasteiger partial charge in [0.2, 0.25) is 0 Å². The van der Waals surface area contributed by atoms with Gasteiger partial charge >= 0.3 is 0 Å². The number of fused-ring (bicyclic) bond motifs is 1. The van der Waals surface area contributed by atoms with E-state index in [0.717, 1.165) is 11.1 Å². The van der Waals surface area contributed by atoms with Gasteiger partial charge in [-0.25, -0.2) is 8.42 Å². The van der Waals surface area contributed by atoms with Crippen LogP contribution in [0.3, 0.4) is 0 Å². The van der Waals surface area contributed by atoms with Crippen molar-refractivity contribution in [2.45, 2.75) is 38.0 Å². The van der Waals surface area contributed by atoms with Gasteiger partial charge in [-0.15, -0.1) is 0 Å². The summed E-state index contributed by atoms with van der Waals surface area (Å²) < 4.78 is 23.5. The Balaban J connectivity index is 2.06. The van der Waals surface area contributed by atoms with Crippen LogP contribution in [0.15, 0.2) is 30.6 Å². The van der Waals surface area contributed by atoms with Crippen molar-refractivity contribution >= 4 is 26.3 Å². The summed E-state index contributed by atoms with van der Waals surface area (Å²) in [6, 6.07) is 6.31. The molecule has 118 valence electrons. The molecule has 1 aromatic carbocycles. The molecule has 0 saturated carbocycles. The Morgan fingerprint density at radius 1 is 1.23 bits per heavy atom. The Labute approximate surface area is 132 Å². The molecule has 5 heteroatoms. The van der Waals surface area contributed by atoms with Gasteiger partial charge < -0.3 is 4.90 Å². The highest BCUT2D eigenvalue weighted by Crippen LogP contribution is 2.37. The summed E-state index contributed by atoms with van der Waals surface area (Å²) in [7, 11) is -2.99. The lowest BCUT2D eigenvalue weighted by Crippen LogP contribution is -2.61. The Morgan fingerprint density at radius 2 is 1.95 bits per heavy atom. The largest absolute Gasteiger partial charge is 0.366 e. The Kier molecular flexibility index (Phi) is 3.63. The van der Waals surface area contributed by atoms with Gasteiger partial charge in [0.05, 0.1) is 5.25 Å². The van der Waals surface area contributed by atoms with Crippen LogP contribution < -0.4 is 4.90 Å². The summed E-state index contributed by atoms with van der Waals surface area (Å²) in [6.45, 7) is 6.90. The summed E-state index contributed by atoms with van der Waals surface area (Å²) in [6.07, 6.45) is 5.03. The highest BCUT2D eigenvalue weighted by Gasteiger charge is 2.42. The number of anilines is 1. The van der Waals surface area contributed by atoms with Gasteiger partial charge in [-0.05, 0) is 35.9 Å². The number of pyridine rings is 1. The van der Waals surface area contributed by atoms with Gasteiger partial charge in [-0.1, -0.05) is 19.9 Å². The molecule has 1 aromatic heterocycles. The van der Waals surface area contributed by atoms with Gasteiger partial charge in [-0.3, -0.25) is 4.98 Å². The van der Waals surface area contributed by atoms with Crippen molar-refractivity contribution in [3.8, 4) is 0 Å². The lowest BCUT2D eigenvalue weighted by molar-refractivity contribution is 0.465. The molecule has 0 spiro atoms. The molecule has 3 rings (SSSR count). The first-order chi connectivity index (χ1) is 10.3. The van der Waals surface area contributed by atoms with Crippen molar-refractivity contribution < 1.29 is 8.42 Å². The predicted molar refractivity (Wildman–Crippen MR) is 91.3 cm³/mol. The van der Waals surface area contributed by atoms with Crippen molar-refractivity contribution in [3.05, 3.63) is 36.2 Å². The molecular weight excluding hydrogens is 296 g/mol. The second-order valence-corrected chi connectivity index (χ2v) is 8.78. The standard InChI is InChI=1S/C17H22N2O2S/c1-11(2)13-5-6-16(15-9-18-8-7-14(13)15)19-10-17(12(19)3)22(4,20)21/h5-9,11-12,17H,10H2,1-4H3/t12-,17+/m1/s1. The smallest absolute Gasteiger partial charge is 0.154 e. The van der Waals surface area contributed by atoms with Crippen LogP contribution in [0.4, 0.5) is 5.69 Å². The van der Waals surface area contributed by atoms with Crippen LogP contribution in [0.5, 0.6) is 0 Å². The van der Waals surface area contributed by atoms with Crippen LogP contribution in [0, 0.1) is 0 Å². The number of hydrogen-bond donors (Lipinski definition) is 0. The van der Waals surface area contributed by atoms with Crippen LogP contribution in [-0.2, 0) is 9.84 Å². The van der Waals surface area contributed by atoms with E-state index in [1.54, 1.807) is 0 Å². The summed E-state index contributed by atoms with van der Waals surface area (Å²) in [5.41, 5.74) is 2.38. The van der Waals surface area contributed by atoms with Gasteiger partial charge in [-0.2, -0.15) is 0 Å². The van der Waals surface area contributed by atoms with E-state index in [2.05, 4.69) is 35.9 Å². The van der Waals surface area contributed by atoms with E-state index in [1.807, 2.05) is 25.4 Å². The van der Waals surface area contributed by atoms with Crippen LogP contribution in [0.25, 0.3) is 10.8 Å². The minimum atomic E-state index is -2.99. The normalized spacial score (nSPS) is 22.1. The molecule has 0 bridgehead atoms. The number of benzene rings is 1. The highest BCUT2D eigenvalue weighted by atomic mass is 32.2. The van der Waals surface area contributed by atoms with Crippen LogP contribution in [0.1, 0.15) is 32.3 Å². The predicted octanol–water partition coefficient (Wildman–Crippen LogP) is 2.98. The minimum Gasteiger partial charge on any atom is -0.366 e. The molecule has 1 fully saturated rings. The number of sulfone groups is 1. The minimum absolute atomic E-state index is 0.00306. The third kappa shape index (κ3) is 2.37. The maximum atomic E-state index is 11.8. The molecule has 0 unspecified atom stereocenters. The summed E-state index contributed by atoms with van der Waals surface area (Å²) in [4.78, 5) is 6.43. The fraction of sp³-hybridized carbons (Fsp3) is 0.471. The SMILES string of the molecule is CC(C)c1ccc(N2C[C@H](S(C)(=O)=O)[C@H]2C)c2cnccc12. The third-order valence-electron chi connectivity index (χ3n) is 4.72. The Hall–Kier alpha value is -1.62. The van der Waals surface area contributed by atoms with E-state index >= 15 is 0 Å². The van der Waals surface area contributed by atoms with Crippen molar-refractivity contribution in [2.75, 3.05) is 17.7 Å². The van der Waals surface area contributed by atoms with Crippen molar-refractivity contribution in [3.63, 3.8) is 0 Å². The lowest BCUT2D eigenvalue weighted by Gasteiger charge is -2.47. The molecule has 2 aromatic rings. The van der Waals surface area contributed by atoms with Crippen LogP contribution >= 0.6 is 0 Å². The molecule has 4 nitrogen and oxygen atoms in total. The fourth-order valence-electron chi connectivity index (χ4n) is 3.34. The molecule has 0 aliphatic carbocycles. The van der Waals surface area contributed by atoms with Gasteiger partial charge in [0.15, 0.2) is 9.84 Å². The number of aromatic nitrogens is 1. The maximum Gasteiger partial charge on any atom is 0.154 e. The van der Waals surface area contributed by atoms with Crippen molar-refractivity contribution in [1.82, 2.24) is 4.98 Å². The molecule has 22 heavy (non-hydrogen) atoms. The van der Waals surface area contributed by atoms with E-state index in [4.69, 9.17) is 0 Å². The molecule has 1 aliphatic rings. The van der Waals surface area contributed by atoms with Crippen molar-refractivity contribution in [1.29, 1.82) is 0 Å². The zero-order valence-electron chi connectivity index (χ0n) is 13.4. The van der Waals surface area contributed by atoms with E-state index < -0.39 is 9.84 Å². The summed E-state index contributed by atoms with van der Waals surface area (Å²) in [5, 5.41) is 2.04. The lowest BCUT2D eigenvalue weighted by atomic mass is 9.94. The Bertz CT molecular complexity index is 815. The quantitative estimate of drug-likeness (QED) is 0.873. The maximum absolute atomic E-state index is 11.8. The van der Waals surface area contributed by atoms with Gasteiger partial charge in [0.25, 0.3) is 0 Å².